The van der Waals surface area contributed by atoms with Crippen LogP contribution in [0.3, 0.4) is 0 Å². The number of hydrazone groups is 1. The Bertz CT molecular complexity index is 1130. The molecule has 7 nitrogen and oxygen atoms in total. The van der Waals surface area contributed by atoms with Crippen molar-refractivity contribution in [3.8, 4) is 0 Å². The van der Waals surface area contributed by atoms with Crippen molar-refractivity contribution in [1.82, 2.24) is 15.3 Å². The zero-order chi connectivity index (χ0) is 21.2. The smallest absolute Gasteiger partial charge is 0.316 e. The zero-order valence-electron chi connectivity index (χ0n) is 16.8. The molecule has 3 heterocycles. The van der Waals surface area contributed by atoms with Crippen LogP contribution < -0.4 is 10.7 Å². The van der Waals surface area contributed by atoms with Crippen LogP contribution in [0.25, 0.3) is 0 Å². The van der Waals surface area contributed by atoms with E-state index in [0.717, 1.165) is 28.0 Å². The quantitative estimate of drug-likeness (QED) is 0.690. The number of anilines is 1. The van der Waals surface area contributed by atoms with E-state index in [4.69, 9.17) is 0 Å². The lowest BCUT2D eigenvalue weighted by atomic mass is 9.86. The van der Waals surface area contributed by atoms with E-state index in [0.29, 0.717) is 25.2 Å². The maximum atomic E-state index is 12.7. The molecule has 0 saturated carbocycles. The Kier molecular flexibility index (Phi) is 4.92. The molecule has 2 aromatic carbocycles. The number of hydrogen-bond acceptors (Lipinski definition) is 4. The largest absolute Gasteiger partial charge is 0.322 e. The van der Waals surface area contributed by atoms with E-state index in [1.165, 1.54) is 0 Å². The average molecular weight is 411 g/mol. The first-order valence-electron chi connectivity index (χ1n) is 10.2. The van der Waals surface area contributed by atoms with E-state index < -0.39 is 0 Å². The van der Waals surface area contributed by atoms with Crippen molar-refractivity contribution in [2.45, 2.75) is 25.4 Å². The normalized spacial score (nSPS) is 17.5. The summed E-state index contributed by atoms with van der Waals surface area (Å²) in [5, 5.41) is 7.29. The van der Waals surface area contributed by atoms with Crippen LogP contribution in [0, 0.1) is 0 Å². The zero-order valence-corrected chi connectivity index (χ0v) is 16.8. The van der Waals surface area contributed by atoms with Crippen LogP contribution in [0.15, 0.2) is 78.2 Å². The number of nitrogens with one attached hydrogen (secondary N) is 2. The standard InChI is InChI=1S/C24H21N5O2/c30-22-12-21(16-4-2-1-3-5-16)23(28-27-22)17-6-8-20(9-7-17)26-24(31)29-14-18-10-11-25-13-19(18)15-29/h1-11,13,21H,12,14-15H2,(H,26,31)(H,27,30). The Balaban J connectivity index is 1.30. The van der Waals surface area contributed by atoms with Crippen LogP contribution in [0.2, 0.25) is 0 Å². The fourth-order valence-corrected chi connectivity index (χ4v) is 4.05. The summed E-state index contributed by atoms with van der Waals surface area (Å²) in [6.07, 6.45) is 3.91. The molecule has 7 heteroatoms. The average Bonchev–Trinajstić information content (AvgIpc) is 3.25. The lowest BCUT2D eigenvalue weighted by Crippen LogP contribution is -2.32. The first-order valence-corrected chi connectivity index (χ1v) is 10.2. The first kappa shape index (κ1) is 19.0. The van der Waals surface area contributed by atoms with Gasteiger partial charge in [0.05, 0.1) is 5.71 Å². The molecule has 0 spiro atoms. The summed E-state index contributed by atoms with van der Waals surface area (Å²) in [6, 6.07) is 19.3. The second-order valence-electron chi connectivity index (χ2n) is 7.71. The molecule has 0 fully saturated rings. The number of carbonyl (C=O) groups is 2. The van der Waals surface area contributed by atoms with Crippen molar-refractivity contribution in [1.29, 1.82) is 0 Å². The number of hydrogen-bond donors (Lipinski definition) is 2. The molecule has 31 heavy (non-hydrogen) atoms. The topological polar surface area (TPSA) is 86.7 Å². The van der Waals surface area contributed by atoms with Crippen LogP contribution >= 0.6 is 0 Å². The van der Waals surface area contributed by atoms with Gasteiger partial charge < -0.3 is 10.2 Å². The summed E-state index contributed by atoms with van der Waals surface area (Å²) in [6.45, 7) is 1.14. The molecule has 3 aromatic rings. The number of amides is 3. The number of urea groups is 1. The Morgan fingerprint density at radius 2 is 1.77 bits per heavy atom. The van der Waals surface area contributed by atoms with Gasteiger partial charge in [0.25, 0.3) is 0 Å². The minimum Gasteiger partial charge on any atom is -0.316 e. The highest BCUT2D eigenvalue weighted by molar-refractivity contribution is 6.09. The third-order valence-corrected chi connectivity index (χ3v) is 5.67. The van der Waals surface area contributed by atoms with Gasteiger partial charge >= 0.3 is 6.03 Å². The van der Waals surface area contributed by atoms with E-state index in [1.54, 1.807) is 11.1 Å². The molecular formula is C24H21N5O2. The number of benzene rings is 2. The third kappa shape index (κ3) is 3.90. The molecule has 2 aliphatic rings. The molecule has 0 saturated heterocycles. The summed E-state index contributed by atoms with van der Waals surface area (Å²) < 4.78 is 0. The molecule has 2 N–H and O–H groups in total. The second kappa shape index (κ2) is 8.02. The molecule has 1 atom stereocenters. The van der Waals surface area contributed by atoms with Gasteiger partial charge in [0.2, 0.25) is 5.91 Å². The number of pyridine rings is 1. The number of aromatic nitrogens is 1. The van der Waals surface area contributed by atoms with Gasteiger partial charge in [-0.2, -0.15) is 5.10 Å². The molecule has 154 valence electrons. The summed E-state index contributed by atoms with van der Waals surface area (Å²) in [5.41, 5.74) is 8.28. The molecule has 5 rings (SSSR count). The van der Waals surface area contributed by atoms with Gasteiger partial charge in [-0.25, -0.2) is 10.2 Å². The van der Waals surface area contributed by atoms with Crippen LogP contribution in [0.1, 0.15) is 34.6 Å². The van der Waals surface area contributed by atoms with E-state index in [-0.39, 0.29) is 17.9 Å². The third-order valence-electron chi connectivity index (χ3n) is 5.67. The van der Waals surface area contributed by atoms with Gasteiger partial charge in [0.1, 0.15) is 0 Å². The highest BCUT2D eigenvalue weighted by atomic mass is 16.2. The lowest BCUT2D eigenvalue weighted by Gasteiger charge is -2.23. The Morgan fingerprint density at radius 1 is 1.00 bits per heavy atom. The number of nitrogens with zero attached hydrogens (tertiary/aromatic N) is 3. The van der Waals surface area contributed by atoms with Gasteiger partial charge in [0.15, 0.2) is 0 Å². The Labute approximate surface area is 179 Å². The lowest BCUT2D eigenvalue weighted by molar-refractivity contribution is -0.121. The van der Waals surface area contributed by atoms with Crippen molar-refractivity contribution in [3.05, 3.63) is 95.3 Å². The number of carbonyl (C=O) groups excluding carboxylic acids is 2. The Morgan fingerprint density at radius 3 is 2.55 bits per heavy atom. The van der Waals surface area contributed by atoms with Crippen molar-refractivity contribution < 1.29 is 9.59 Å². The summed E-state index contributed by atoms with van der Waals surface area (Å²) in [7, 11) is 0. The first-order chi connectivity index (χ1) is 15.2. The molecule has 2 aliphatic heterocycles. The van der Waals surface area contributed by atoms with Gasteiger partial charge in [0, 0.05) is 43.5 Å². The highest BCUT2D eigenvalue weighted by Crippen LogP contribution is 2.28. The maximum Gasteiger partial charge on any atom is 0.322 e. The molecule has 0 radical (unpaired) electrons. The van der Waals surface area contributed by atoms with Crippen molar-refractivity contribution in [2.75, 3.05) is 5.32 Å². The molecule has 0 bridgehead atoms. The van der Waals surface area contributed by atoms with Crippen molar-refractivity contribution >= 4 is 23.3 Å². The number of fused-ring (bicyclic) bond motifs is 1. The van der Waals surface area contributed by atoms with Crippen molar-refractivity contribution in [2.24, 2.45) is 5.10 Å². The van der Waals surface area contributed by atoms with Gasteiger partial charge in [-0.05, 0) is 40.5 Å². The predicted octanol–water partition coefficient (Wildman–Crippen LogP) is 3.64. The summed E-state index contributed by atoms with van der Waals surface area (Å²) in [4.78, 5) is 30.5. The van der Waals surface area contributed by atoms with E-state index in [1.807, 2.05) is 66.9 Å². The minimum atomic E-state index is -0.145. The SMILES string of the molecule is O=C1CC(c2ccccc2)C(c2ccc(NC(=O)N3Cc4ccncc4C3)cc2)=NN1. The van der Waals surface area contributed by atoms with Crippen LogP contribution in [0.5, 0.6) is 0 Å². The fourth-order valence-electron chi connectivity index (χ4n) is 4.05. The van der Waals surface area contributed by atoms with Gasteiger partial charge in [-0.15, -0.1) is 0 Å². The summed E-state index contributed by atoms with van der Waals surface area (Å²) >= 11 is 0. The van der Waals surface area contributed by atoms with E-state index in [2.05, 4.69) is 20.8 Å². The van der Waals surface area contributed by atoms with E-state index in [9.17, 15) is 9.59 Å². The highest BCUT2D eigenvalue weighted by Gasteiger charge is 2.27. The molecular weight excluding hydrogens is 390 g/mol. The summed E-state index contributed by atoms with van der Waals surface area (Å²) in [5.74, 6) is -0.199. The van der Waals surface area contributed by atoms with Crippen LogP contribution in [0.4, 0.5) is 10.5 Å². The van der Waals surface area contributed by atoms with Crippen molar-refractivity contribution in [3.63, 3.8) is 0 Å². The maximum absolute atomic E-state index is 12.7. The molecule has 0 aliphatic carbocycles. The van der Waals surface area contributed by atoms with Gasteiger partial charge in [-0.1, -0.05) is 42.5 Å². The minimum absolute atomic E-state index is 0.0942. The molecule has 1 unspecified atom stereocenters. The fraction of sp³-hybridized carbons (Fsp3) is 0.167. The van der Waals surface area contributed by atoms with Crippen LogP contribution in [-0.4, -0.2) is 27.5 Å². The van der Waals surface area contributed by atoms with Crippen LogP contribution in [-0.2, 0) is 17.9 Å². The predicted molar refractivity (Wildman–Crippen MR) is 117 cm³/mol. The molecule has 3 amide bonds. The van der Waals surface area contributed by atoms with E-state index >= 15 is 0 Å². The number of rotatable bonds is 3. The Hall–Kier alpha value is -4.00. The van der Waals surface area contributed by atoms with Gasteiger partial charge in [-0.3, -0.25) is 9.78 Å². The molecule has 1 aromatic heterocycles. The monoisotopic (exact) mass is 411 g/mol. The second-order valence-corrected chi connectivity index (χ2v) is 7.71.